The quantitative estimate of drug-likeness (QED) is 0.749. The maximum atomic E-state index is 12.0. The molecule has 2 heterocycles. The highest BCUT2D eigenvalue weighted by molar-refractivity contribution is 5.87. The molecule has 0 saturated carbocycles. The molecule has 1 N–H and O–H groups in total. The Morgan fingerprint density at radius 1 is 1.26 bits per heavy atom. The molecule has 0 aromatic rings. The lowest BCUT2D eigenvalue weighted by Gasteiger charge is -2.23. The number of ether oxygens (including phenoxy) is 4. The summed E-state index contributed by atoms with van der Waals surface area (Å²) in [5, 5.41) is 2.50. The zero-order valence-corrected chi connectivity index (χ0v) is 11.5. The van der Waals surface area contributed by atoms with Crippen molar-refractivity contribution in [2.75, 3.05) is 13.7 Å². The normalized spacial score (nSPS) is 36.0. The molecule has 2 fully saturated rings. The molecule has 0 aliphatic carbocycles. The molecular formula is C12H19NO6. The van der Waals surface area contributed by atoms with Crippen LogP contribution < -0.4 is 5.32 Å². The van der Waals surface area contributed by atoms with Crippen LogP contribution in [-0.4, -0.2) is 55.7 Å². The van der Waals surface area contributed by atoms with Crippen LogP contribution in [0.5, 0.6) is 0 Å². The summed E-state index contributed by atoms with van der Waals surface area (Å²) < 4.78 is 22.0. The Kier molecular flexibility index (Phi) is 3.91. The number of nitrogens with one attached hydrogen (secondary N) is 1. The molecule has 19 heavy (non-hydrogen) atoms. The van der Waals surface area contributed by atoms with E-state index in [2.05, 4.69) is 5.32 Å². The van der Waals surface area contributed by atoms with Crippen molar-refractivity contribution in [3.63, 3.8) is 0 Å². The first kappa shape index (κ1) is 14.4. The molecular weight excluding hydrogens is 254 g/mol. The van der Waals surface area contributed by atoms with E-state index in [9.17, 15) is 9.59 Å². The second kappa shape index (κ2) is 5.16. The Bertz CT molecular complexity index is 382. The second-order valence-corrected chi connectivity index (χ2v) is 5.15. The predicted octanol–water partition coefficient (Wildman–Crippen LogP) is -0.417. The highest BCUT2D eigenvalue weighted by Crippen LogP contribution is 2.38. The molecule has 2 aliphatic heterocycles. The van der Waals surface area contributed by atoms with E-state index in [4.69, 9.17) is 18.9 Å². The summed E-state index contributed by atoms with van der Waals surface area (Å²) in [5.74, 6) is -1.31. The maximum absolute atomic E-state index is 12.0. The minimum Gasteiger partial charge on any atom is -0.353 e. The molecule has 4 atom stereocenters. The van der Waals surface area contributed by atoms with Gasteiger partial charge in [0.15, 0.2) is 18.2 Å². The molecule has 7 nitrogen and oxygen atoms in total. The number of hydrogen-bond donors (Lipinski definition) is 1. The van der Waals surface area contributed by atoms with Crippen LogP contribution in [0.25, 0.3) is 0 Å². The lowest BCUT2D eigenvalue weighted by Crippen LogP contribution is -2.44. The number of carbonyl (C=O) groups is 2. The third-order valence-corrected chi connectivity index (χ3v) is 3.01. The fourth-order valence-electron chi connectivity index (χ4n) is 2.27. The Balaban J connectivity index is 2.05. The molecule has 0 aromatic heterocycles. The topological polar surface area (TPSA) is 83.1 Å². The average Bonchev–Trinajstić information content (AvgIpc) is 2.78. The molecule has 0 aromatic carbocycles. The van der Waals surface area contributed by atoms with Gasteiger partial charge in [-0.25, -0.2) is 0 Å². The van der Waals surface area contributed by atoms with Gasteiger partial charge in [-0.3, -0.25) is 9.59 Å². The fourth-order valence-corrected chi connectivity index (χ4v) is 2.27. The van der Waals surface area contributed by atoms with Crippen molar-refractivity contribution in [3.05, 3.63) is 0 Å². The Labute approximate surface area is 111 Å². The van der Waals surface area contributed by atoms with Crippen LogP contribution in [0.4, 0.5) is 0 Å². The lowest BCUT2D eigenvalue weighted by atomic mass is 10.1. The van der Waals surface area contributed by atoms with E-state index in [0.717, 1.165) is 0 Å². The lowest BCUT2D eigenvalue weighted by molar-refractivity contribution is -0.225. The summed E-state index contributed by atoms with van der Waals surface area (Å²) in [7, 11) is 1.48. The van der Waals surface area contributed by atoms with Crippen LogP contribution in [0.2, 0.25) is 0 Å². The van der Waals surface area contributed by atoms with E-state index in [1.807, 2.05) is 0 Å². The smallest absolute Gasteiger partial charge is 0.252 e. The van der Waals surface area contributed by atoms with Gasteiger partial charge in [-0.15, -0.1) is 0 Å². The Morgan fingerprint density at radius 3 is 2.47 bits per heavy atom. The minimum absolute atomic E-state index is 0.0298. The number of ketones is 1. The van der Waals surface area contributed by atoms with Crippen molar-refractivity contribution >= 4 is 11.7 Å². The third kappa shape index (κ3) is 2.94. The fraction of sp³-hybridized carbons (Fsp3) is 0.833. The van der Waals surface area contributed by atoms with Gasteiger partial charge in [0.25, 0.3) is 5.91 Å². The van der Waals surface area contributed by atoms with E-state index in [1.165, 1.54) is 14.0 Å². The summed E-state index contributed by atoms with van der Waals surface area (Å²) in [6, 6.07) is 0. The van der Waals surface area contributed by atoms with Crippen molar-refractivity contribution < 1.29 is 28.5 Å². The Morgan fingerprint density at radius 2 is 1.89 bits per heavy atom. The van der Waals surface area contributed by atoms with Gasteiger partial charge in [0.2, 0.25) is 0 Å². The molecule has 2 aliphatic rings. The number of hydrogen-bond acceptors (Lipinski definition) is 6. The van der Waals surface area contributed by atoms with Gasteiger partial charge in [0, 0.05) is 7.11 Å². The van der Waals surface area contributed by atoms with Crippen molar-refractivity contribution in [3.8, 4) is 0 Å². The monoisotopic (exact) mass is 273 g/mol. The number of Topliss-reactive ketones (excluding diaryl/α,β-unsaturated/α-hetero) is 1. The number of methoxy groups -OCH3 is 1. The van der Waals surface area contributed by atoms with Gasteiger partial charge < -0.3 is 24.3 Å². The molecule has 2 rings (SSSR count). The zero-order valence-electron chi connectivity index (χ0n) is 11.5. The zero-order chi connectivity index (χ0) is 14.2. The highest BCUT2D eigenvalue weighted by atomic mass is 16.8. The molecule has 0 spiro atoms. The van der Waals surface area contributed by atoms with Crippen molar-refractivity contribution in [2.24, 2.45) is 0 Å². The van der Waals surface area contributed by atoms with Gasteiger partial charge in [-0.2, -0.15) is 0 Å². The molecule has 0 bridgehead atoms. The van der Waals surface area contributed by atoms with Gasteiger partial charge in [-0.1, -0.05) is 0 Å². The Hall–Kier alpha value is -1.02. The van der Waals surface area contributed by atoms with Gasteiger partial charge in [-0.05, 0) is 20.8 Å². The molecule has 0 radical (unpaired) electrons. The second-order valence-electron chi connectivity index (χ2n) is 5.15. The summed E-state index contributed by atoms with van der Waals surface area (Å²) in [5.41, 5.74) is 0. The van der Waals surface area contributed by atoms with Crippen LogP contribution in [0.1, 0.15) is 20.8 Å². The summed E-state index contributed by atoms with van der Waals surface area (Å²) >= 11 is 0. The van der Waals surface area contributed by atoms with E-state index in [0.29, 0.717) is 0 Å². The van der Waals surface area contributed by atoms with Gasteiger partial charge >= 0.3 is 0 Å². The van der Waals surface area contributed by atoms with Crippen molar-refractivity contribution in [1.29, 1.82) is 0 Å². The van der Waals surface area contributed by atoms with E-state index >= 15 is 0 Å². The molecule has 0 unspecified atom stereocenters. The van der Waals surface area contributed by atoms with Gasteiger partial charge in [0.1, 0.15) is 18.0 Å². The molecule has 2 saturated heterocycles. The highest BCUT2D eigenvalue weighted by Gasteiger charge is 2.57. The SMILES string of the molecule is CO[C@@H]1O[C@H](C(=O)NCC(C)=O)[C@H]2OC(C)(C)O[C@@H]12. The first-order chi connectivity index (χ1) is 8.84. The van der Waals surface area contributed by atoms with E-state index in [1.54, 1.807) is 13.8 Å². The molecule has 7 heteroatoms. The third-order valence-electron chi connectivity index (χ3n) is 3.01. The van der Waals surface area contributed by atoms with E-state index in [-0.39, 0.29) is 12.3 Å². The number of rotatable bonds is 4. The summed E-state index contributed by atoms with van der Waals surface area (Å²) in [4.78, 5) is 22.9. The van der Waals surface area contributed by atoms with Crippen molar-refractivity contribution in [2.45, 2.75) is 51.2 Å². The standard InChI is InChI=1S/C12H19NO6/c1-6(14)5-13-10(15)8-7-9(11(16-4)17-8)19-12(2,3)18-7/h7-9,11H,5H2,1-4H3,(H,13,15)/t7-,8+,9-,11-/m1/s1. The first-order valence-corrected chi connectivity index (χ1v) is 6.15. The van der Waals surface area contributed by atoms with Gasteiger partial charge in [0.05, 0.1) is 6.54 Å². The maximum Gasteiger partial charge on any atom is 0.252 e. The average molecular weight is 273 g/mol. The number of carbonyl (C=O) groups excluding carboxylic acids is 2. The molecule has 108 valence electrons. The number of amides is 1. The predicted molar refractivity (Wildman–Crippen MR) is 63.2 cm³/mol. The first-order valence-electron chi connectivity index (χ1n) is 6.15. The van der Waals surface area contributed by atoms with Crippen LogP contribution in [-0.2, 0) is 28.5 Å². The minimum atomic E-state index is -0.837. The van der Waals surface area contributed by atoms with Crippen LogP contribution in [0.15, 0.2) is 0 Å². The van der Waals surface area contributed by atoms with E-state index < -0.39 is 36.3 Å². The van der Waals surface area contributed by atoms with Crippen molar-refractivity contribution in [1.82, 2.24) is 5.32 Å². The molecule has 1 amide bonds. The largest absolute Gasteiger partial charge is 0.353 e. The van der Waals surface area contributed by atoms with Crippen LogP contribution in [0.3, 0.4) is 0 Å². The summed E-state index contributed by atoms with van der Waals surface area (Å²) in [6.45, 7) is 4.90. The van der Waals surface area contributed by atoms with Crippen LogP contribution in [0, 0.1) is 0 Å². The van der Waals surface area contributed by atoms with Crippen LogP contribution >= 0.6 is 0 Å². The number of fused-ring (bicyclic) bond motifs is 1. The summed E-state index contributed by atoms with van der Waals surface area (Å²) in [6.07, 6.45) is -2.48.